The summed E-state index contributed by atoms with van der Waals surface area (Å²) in [7, 11) is 0. The van der Waals surface area contributed by atoms with E-state index in [2.05, 4.69) is 15.9 Å². The van der Waals surface area contributed by atoms with Crippen molar-refractivity contribution < 1.29 is 14.3 Å². The summed E-state index contributed by atoms with van der Waals surface area (Å²) >= 11 is 3.10. The molecular weight excluding hydrogens is 298 g/mol. The number of benzene rings is 1. The molecule has 4 nitrogen and oxygen atoms in total. The van der Waals surface area contributed by atoms with E-state index in [1.807, 2.05) is 30.3 Å². The van der Waals surface area contributed by atoms with Crippen LogP contribution in [0.4, 0.5) is 10.5 Å². The highest BCUT2D eigenvalue weighted by molar-refractivity contribution is 9.09. The van der Waals surface area contributed by atoms with E-state index >= 15 is 0 Å². The van der Waals surface area contributed by atoms with Crippen LogP contribution in [0.2, 0.25) is 0 Å². The van der Waals surface area contributed by atoms with Gasteiger partial charge in [0.25, 0.3) is 0 Å². The van der Waals surface area contributed by atoms with Gasteiger partial charge in [-0.15, -0.1) is 0 Å². The second-order valence-corrected chi connectivity index (χ2v) is 4.17. The zero-order valence-electron chi connectivity index (χ0n) is 10.3. The van der Waals surface area contributed by atoms with Crippen molar-refractivity contribution in [3.63, 3.8) is 0 Å². The van der Waals surface area contributed by atoms with Gasteiger partial charge in [0.15, 0.2) is 0 Å². The number of hydrogen-bond donors (Lipinski definition) is 0. The molecule has 0 saturated heterocycles. The standard InChI is InChI=1S/C13H16BrNO3/c1-2-18-13(17)15(9-8-12(16)10-14)11-6-4-3-5-7-11/h3-7H,2,8-10H2,1H3. The fourth-order valence-corrected chi connectivity index (χ4v) is 1.72. The van der Waals surface area contributed by atoms with Crippen LogP contribution in [0.15, 0.2) is 30.3 Å². The molecule has 0 aliphatic rings. The van der Waals surface area contributed by atoms with Gasteiger partial charge >= 0.3 is 6.09 Å². The van der Waals surface area contributed by atoms with E-state index in [9.17, 15) is 9.59 Å². The van der Waals surface area contributed by atoms with E-state index in [1.165, 1.54) is 4.90 Å². The molecule has 0 radical (unpaired) electrons. The van der Waals surface area contributed by atoms with Gasteiger partial charge in [-0.05, 0) is 19.1 Å². The Morgan fingerprint density at radius 2 is 1.94 bits per heavy atom. The molecule has 0 aliphatic heterocycles. The van der Waals surface area contributed by atoms with Crippen LogP contribution in [0.5, 0.6) is 0 Å². The van der Waals surface area contributed by atoms with Crippen molar-refractivity contribution in [3.05, 3.63) is 30.3 Å². The smallest absolute Gasteiger partial charge is 0.414 e. The maximum absolute atomic E-state index is 11.8. The first kappa shape index (κ1) is 14.7. The second-order valence-electron chi connectivity index (χ2n) is 3.61. The van der Waals surface area contributed by atoms with Crippen molar-refractivity contribution in [3.8, 4) is 0 Å². The van der Waals surface area contributed by atoms with Crippen LogP contribution in [-0.2, 0) is 9.53 Å². The molecule has 0 spiro atoms. The normalized spacial score (nSPS) is 9.89. The molecule has 0 aliphatic carbocycles. The first-order valence-corrected chi connectivity index (χ1v) is 6.88. The maximum atomic E-state index is 11.8. The van der Waals surface area contributed by atoms with Crippen LogP contribution in [-0.4, -0.2) is 30.4 Å². The van der Waals surface area contributed by atoms with Gasteiger partial charge in [0, 0.05) is 18.7 Å². The van der Waals surface area contributed by atoms with Crippen LogP contribution in [0.25, 0.3) is 0 Å². The number of Topliss-reactive ketones (excluding diaryl/α,β-unsaturated/α-hetero) is 1. The molecule has 1 aromatic rings. The minimum Gasteiger partial charge on any atom is -0.449 e. The number of alkyl halides is 1. The van der Waals surface area contributed by atoms with E-state index in [1.54, 1.807) is 6.92 Å². The lowest BCUT2D eigenvalue weighted by molar-refractivity contribution is -0.116. The number of nitrogens with zero attached hydrogens (tertiary/aromatic N) is 1. The monoisotopic (exact) mass is 313 g/mol. The summed E-state index contributed by atoms with van der Waals surface area (Å²) in [6.45, 7) is 2.40. The average Bonchev–Trinajstić information content (AvgIpc) is 2.40. The maximum Gasteiger partial charge on any atom is 0.414 e. The Hall–Kier alpha value is -1.36. The molecule has 0 heterocycles. The van der Waals surface area contributed by atoms with Gasteiger partial charge in [0.2, 0.25) is 0 Å². The summed E-state index contributed by atoms with van der Waals surface area (Å²) in [6.07, 6.45) is -0.120. The highest BCUT2D eigenvalue weighted by Gasteiger charge is 2.17. The van der Waals surface area contributed by atoms with Crippen molar-refractivity contribution in [1.29, 1.82) is 0 Å². The molecule has 0 aromatic heterocycles. The molecule has 0 saturated carbocycles. The molecule has 1 aromatic carbocycles. The number of ketones is 1. The highest BCUT2D eigenvalue weighted by Crippen LogP contribution is 2.15. The van der Waals surface area contributed by atoms with Crippen LogP contribution in [0.1, 0.15) is 13.3 Å². The Balaban J connectivity index is 2.75. The lowest BCUT2D eigenvalue weighted by atomic mass is 10.2. The number of anilines is 1. The molecule has 0 bridgehead atoms. The zero-order valence-corrected chi connectivity index (χ0v) is 11.9. The van der Waals surface area contributed by atoms with Gasteiger partial charge in [-0.2, -0.15) is 0 Å². The summed E-state index contributed by atoms with van der Waals surface area (Å²) in [6, 6.07) is 9.18. The molecule has 0 unspecified atom stereocenters. The molecule has 5 heteroatoms. The first-order chi connectivity index (χ1) is 8.69. The van der Waals surface area contributed by atoms with E-state index in [-0.39, 0.29) is 5.78 Å². The summed E-state index contributed by atoms with van der Waals surface area (Å²) in [5.41, 5.74) is 0.735. The number of carbonyl (C=O) groups excluding carboxylic acids is 2. The molecule has 0 N–H and O–H groups in total. The molecule has 1 rings (SSSR count). The third kappa shape index (κ3) is 4.49. The lowest BCUT2D eigenvalue weighted by Crippen LogP contribution is -2.33. The Morgan fingerprint density at radius 1 is 1.28 bits per heavy atom. The van der Waals surface area contributed by atoms with E-state index < -0.39 is 6.09 Å². The molecule has 98 valence electrons. The van der Waals surface area contributed by atoms with Crippen molar-refractivity contribution >= 4 is 33.5 Å². The topological polar surface area (TPSA) is 46.6 Å². The molecular formula is C13H16BrNO3. The van der Waals surface area contributed by atoms with Gasteiger partial charge in [0.05, 0.1) is 11.9 Å². The number of carbonyl (C=O) groups is 2. The lowest BCUT2D eigenvalue weighted by Gasteiger charge is -2.21. The fourth-order valence-electron chi connectivity index (χ4n) is 1.44. The van der Waals surface area contributed by atoms with Gasteiger partial charge < -0.3 is 4.74 Å². The number of ether oxygens (including phenoxy) is 1. The highest BCUT2D eigenvalue weighted by atomic mass is 79.9. The number of rotatable bonds is 6. The molecule has 0 fully saturated rings. The van der Waals surface area contributed by atoms with Crippen LogP contribution in [0.3, 0.4) is 0 Å². The summed E-state index contributed by atoms with van der Waals surface area (Å²) in [4.78, 5) is 24.6. The second kappa shape index (κ2) is 7.87. The van der Waals surface area contributed by atoms with Gasteiger partial charge in [-0.3, -0.25) is 9.69 Å². The number of para-hydroxylation sites is 1. The minimum atomic E-state index is -0.425. The summed E-state index contributed by atoms with van der Waals surface area (Å²) < 4.78 is 4.99. The minimum absolute atomic E-state index is 0.0558. The Kier molecular flexibility index (Phi) is 6.43. The third-order valence-electron chi connectivity index (χ3n) is 2.32. The average molecular weight is 314 g/mol. The first-order valence-electron chi connectivity index (χ1n) is 5.76. The SMILES string of the molecule is CCOC(=O)N(CCC(=O)CBr)c1ccccc1. The van der Waals surface area contributed by atoms with Crippen LogP contribution < -0.4 is 4.90 Å². The third-order valence-corrected chi connectivity index (χ3v) is 2.94. The number of amides is 1. The van der Waals surface area contributed by atoms with Crippen molar-refractivity contribution in [2.75, 3.05) is 23.4 Å². The fraction of sp³-hybridized carbons (Fsp3) is 0.385. The van der Waals surface area contributed by atoms with Crippen molar-refractivity contribution in [1.82, 2.24) is 0 Å². The quantitative estimate of drug-likeness (QED) is 0.758. The van der Waals surface area contributed by atoms with Crippen molar-refractivity contribution in [2.45, 2.75) is 13.3 Å². The summed E-state index contributed by atoms with van der Waals surface area (Å²) in [5.74, 6) is 0.0558. The molecule has 18 heavy (non-hydrogen) atoms. The van der Waals surface area contributed by atoms with Gasteiger partial charge in [-0.1, -0.05) is 34.1 Å². The van der Waals surface area contributed by atoms with E-state index in [4.69, 9.17) is 4.74 Å². The van der Waals surface area contributed by atoms with E-state index in [0.29, 0.717) is 24.9 Å². The largest absolute Gasteiger partial charge is 0.449 e. The van der Waals surface area contributed by atoms with Crippen LogP contribution >= 0.6 is 15.9 Å². The van der Waals surface area contributed by atoms with Gasteiger partial charge in [0.1, 0.15) is 5.78 Å². The molecule has 0 atom stereocenters. The molecule has 1 amide bonds. The number of hydrogen-bond acceptors (Lipinski definition) is 3. The number of halogens is 1. The van der Waals surface area contributed by atoms with E-state index in [0.717, 1.165) is 5.69 Å². The predicted octanol–water partition coefficient (Wildman–Crippen LogP) is 3.00. The van der Waals surface area contributed by atoms with Crippen LogP contribution in [0, 0.1) is 0 Å². The predicted molar refractivity (Wildman–Crippen MR) is 74.2 cm³/mol. The zero-order chi connectivity index (χ0) is 13.4. The Labute approximate surface area is 115 Å². The summed E-state index contributed by atoms with van der Waals surface area (Å²) in [5, 5.41) is 0.304. The Morgan fingerprint density at radius 3 is 2.50 bits per heavy atom. The van der Waals surface area contributed by atoms with Crippen molar-refractivity contribution in [2.24, 2.45) is 0 Å². The van der Waals surface area contributed by atoms with Gasteiger partial charge in [-0.25, -0.2) is 4.79 Å². The Bertz CT molecular complexity index is 394.